The predicted octanol–water partition coefficient (Wildman–Crippen LogP) is 2.98. The Morgan fingerprint density at radius 2 is 2.00 bits per heavy atom. The zero-order valence-corrected chi connectivity index (χ0v) is 11.9. The number of hydrogen-bond acceptors (Lipinski definition) is 2. The van der Waals surface area contributed by atoms with Gasteiger partial charge in [-0.2, -0.15) is 0 Å². The maximum Gasteiger partial charge on any atom is 0.321 e. The molecular weight excluding hydrogens is 238 g/mol. The van der Waals surface area contributed by atoms with Crippen LogP contribution in [0.4, 0.5) is 10.5 Å². The smallest absolute Gasteiger partial charge is 0.321 e. The van der Waals surface area contributed by atoms with Gasteiger partial charge in [-0.1, -0.05) is 19.1 Å². The fourth-order valence-corrected chi connectivity index (χ4v) is 2.12. The number of amides is 2. The number of urea groups is 1. The number of anilines is 1. The van der Waals surface area contributed by atoms with Crippen LogP contribution >= 0.6 is 0 Å². The minimum absolute atomic E-state index is 0.0185. The SMILES string of the molecule is CCNC(C)c1ccc(NC(=O)N(C)C2CC2)cc1. The molecule has 1 saturated carbocycles. The molecule has 1 atom stereocenters. The largest absolute Gasteiger partial charge is 0.325 e. The first-order chi connectivity index (χ1) is 9.11. The van der Waals surface area contributed by atoms with Gasteiger partial charge < -0.3 is 15.5 Å². The van der Waals surface area contributed by atoms with Crippen molar-refractivity contribution in [3.8, 4) is 0 Å². The van der Waals surface area contributed by atoms with Crippen LogP contribution in [0.3, 0.4) is 0 Å². The summed E-state index contributed by atoms with van der Waals surface area (Å²) in [6.07, 6.45) is 2.26. The summed E-state index contributed by atoms with van der Waals surface area (Å²) < 4.78 is 0. The first kappa shape index (κ1) is 13.9. The lowest BCUT2D eigenvalue weighted by Crippen LogP contribution is -2.33. The minimum Gasteiger partial charge on any atom is -0.325 e. The molecule has 0 aliphatic heterocycles. The Bertz CT molecular complexity index is 426. The van der Waals surface area contributed by atoms with Crippen molar-refractivity contribution in [2.45, 2.75) is 38.8 Å². The fraction of sp³-hybridized carbons (Fsp3) is 0.533. The molecule has 0 radical (unpaired) electrons. The molecule has 2 rings (SSSR count). The Labute approximate surface area is 115 Å². The molecule has 0 spiro atoms. The molecule has 2 N–H and O–H groups in total. The number of nitrogens with zero attached hydrogens (tertiary/aromatic N) is 1. The van der Waals surface area contributed by atoms with Gasteiger partial charge in [0.2, 0.25) is 0 Å². The first-order valence-electron chi connectivity index (χ1n) is 6.99. The van der Waals surface area contributed by atoms with Crippen LogP contribution in [0.15, 0.2) is 24.3 Å². The lowest BCUT2D eigenvalue weighted by atomic mass is 10.1. The van der Waals surface area contributed by atoms with Crippen molar-refractivity contribution in [2.75, 3.05) is 18.9 Å². The summed E-state index contributed by atoms with van der Waals surface area (Å²) in [4.78, 5) is 13.7. The van der Waals surface area contributed by atoms with Crippen LogP contribution < -0.4 is 10.6 Å². The van der Waals surface area contributed by atoms with Gasteiger partial charge in [-0.15, -0.1) is 0 Å². The van der Waals surface area contributed by atoms with Crippen LogP contribution in [0.5, 0.6) is 0 Å². The van der Waals surface area contributed by atoms with E-state index in [1.807, 2.05) is 19.2 Å². The van der Waals surface area contributed by atoms with E-state index in [1.165, 1.54) is 5.56 Å². The Hall–Kier alpha value is -1.55. The van der Waals surface area contributed by atoms with Gasteiger partial charge in [-0.3, -0.25) is 0 Å². The van der Waals surface area contributed by atoms with Gasteiger partial charge in [0.05, 0.1) is 0 Å². The molecule has 2 amide bonds. The molecule has 1 unspecified atom stereocenters. The van der Waals surface area contributed by atoms with Gasteiger partial charge in [-0.05, 0) is 44.0 Å². The van der Waals surface area contributed by atoms with Crippen LogP contribution in [0, 0.1) is 0 Å². The second-order valence-electron chi connectivity index (χ2n) is 5.17. The van der Waals surface area contributed by atoms with Crippen LogP contribution in [0.25, 0.3) is 0 Å². The number of nitrogens with one attached hydrogen (secondary N) is 2. The average Bonchev–Trinajstić information content (AvgIpc) is 3.23. The zero-order chi connectivity index (χ0) is 13.8. The number of benzene rings is 1. The zero-order valence-electron chi connectivity index (χ0n) is 11.9. The summed E-state index contributed by atoms with van der Waals surface area (Å²) in [7, 11) is 1.86. The molecule has 1 aromatic carbocycles. The summed E-state index contributed by atoms with van der Waals surface area (Å²) in [5.41, 5.74) is 2.08. The van der Waals surface area contributed by atoms with Gasteiger partial charge in [0.1, 0.15) is 0 Å². The topological polar surface area (TPSA) is 44.4 Å². The molecule has 1 aliphatic rings. The lowest BCUT2D eigenvalue weighted by Gasteiger charge is -2.18. The molecule has 4 heteroatoms. The van der Waals surface area contributed by atoms with E-state index >= 15 is 0 Å². The summed E-state index contributed by atoms with van der Waals surface area (Å²) >= 11 is 0. The van der Waals surface area contributed by atoms with Gasteiger partial charge in [-0.25, -0.2) is 4.79 Å². The number of carbonyl (C=O) groups is 1. The maximum atomic E-state index is 11.9. The summed E-state index contributed by atoms with van der Waals surface area (Å²) in [6, 6.07) is 8.79. The normalized spacial score (nSPS) is 15.9. The number of hydrogen-bond donors (Lipinski definition) is 2. The molecule has 1 aromatic rings. The van der Waals surface area contributed by atoms with Gasteiger partial charge in [0.25, 0.3) is 0 Å². The van der Waals surface area contributed by atoms with Crippen molar-refractivity contribution >= 4 is 11.7 Å². The molecule has 1 fully saturated rings. The Morgan fingerprint density at radius 3 is 2.53 bits per heavy atom. The third kappa shape index (κ3) is 3.70. The van der Waals surface area contributed by atoms with E-state index in [4.69, 9.17) is 0 Å². The highest BCUT2D eigenvalue weighted by atomic mass is 16.2. The van der Waals surface area contributed by atoms with E-state index in [0.29, 0.717) is 12.1 Å². The van der Waals surface area contributed by atoms with E-state index in [-0.39, 0.29) is 6.03 Å². The van der Waals surface area contributed by atoms with Gasteiger partial charge >= 0.3 is 6.03 Å². The molecule has 0 aromatic heterocycles. The number of carbonyl (C=O) groups excluding carboxylic acids is 1. The van der Waals surface area contributed by atoms with E-state index in [2.05, 4.69) is 36.6 Å². The predicted molar refractivity (Wildman–Crippen MR) is 78.3 cm³/mol. The fourth-order valence-electron chi connectivity index (χ4n) is 2.12. The highest BCUT2D eigenvalue weighted by molar-refractivity contribution is 5.89. The second-order valence-corrected chi connectivity index (χ2v) is 5.17. The van der Waals surface area contributed by atoms with E-state index in [1.54, 1.807) is 4.90 Å². The van der Waals surface area contributed by atoms with Gasteiger partial charge in [0.15, 0.2) is 0 Å². The van der Waals surface area contributed by atoms with Crippen LogP contribution in [-0.2, 0) is 0 Å². The lowest BCUT2D eigenvalue weighted by molar-refractivity contribution is 0.220. The molecule has 4 nitrogen and oxygen atoms in total. The van der Waals surface area contributed by atoms with Crippen molar-refractivity contribution in [3.63, 3.8) is 0 Å². The Balaban J connectivity index is 1.92. The van der Waals surface area contributed by atoms with E-state index in [9.17, 15) is 4.79 Å². The summed E-state index contributed by atoms with van der Waals surface area (Å²) in [6.45, 7) is 5.18. The second kappa shape index (κ2) is 6.06. The molecule has 19 heavy (non-hydrogen) atoms. The van der Waals surface area contributed by atoms with Crippen molar-refractivity contribution in [1.82, 2.24) is 10.2 Å². The van der Waals surface area contributed by atoms with E-state index < -0.39 is 0 Å². The van der Waals surface area contributed by atoms with Gasteiger partial charge in [0, 0.05) is 24.8 Å². The molecular formula is C15H23N3O. The molecule has 0 bridgehead atoms. The Kier molecular flexibility index (Phi) is 4.43. The van der Waals surface area contributed by atoms with Crippen molar-refractivity contribution < 1.29 is 4.79 Å². The molecule has 0 heterocycles. The van der Waals surface area contributed by atoms with Crippen molar-refractivity contribution in [1.29, 1.82) is 0 Å². The molecule has 0 saturated heterocycles. The maximum absolute atomic E-state index is 11.9. The minimum atomic E-state index is -0.0185. The third-order valence-electron chi connectivity index (χ3n) is 3.59. The van der Waals surface area contributed by atoms with E-state index in [0.717, 1.165) is 25.1 Å². The standard InChI is InChI=1S/C15H23N3O/c1-4-16-11(2)12-5-7-13(8-6-12)17-15(19)18(3)14-9-10-14/h5-8,11,14,16H,4,9-10H2,1-3H3,(H,17,19). The summed E-state index contributed by atoms with van der Waals surface area (Å²) in [5, 5.41) is 6.30. The monoisotopic (exact) mass is 261 g/mol. The summed E-state index contributed by atoms with van der Waals surface area (Å²) in [5.74, 6) is 0. The van der Waals surface area contributed by atoms with Crippen LogP contribution in [-0.4, -0.2) is 30.6 Å². The van der Waals surface area contributed by atoms with Crippen LogP contribution in [0.2, 0.25) is 0 Å². The van der Waals surface area contributed by atoms with Crippen LogP contribution in [0.1, 0.15) is 38.3 Å². The molecule has 104 valence electrons. The molecule has 1 aliphatic carbocycles. The first-order valence-corrected chi connectivity index (χ1v) is 6.99. The average molecular weight is 261 g/mol. The quantitative estimate of drug-likeness (QED) is 0.856. The van der Waals surface area contributed by atoms with Crippen molar-refractivity contribution in [2.24, 2.45) is 0 Å². The highest BCUT2D eigenvalue weighted by Gasteiger charge is 2.29. The highest BCUT2D eigenvalue weighted by Crippen LogP contribution is 2.26. The van der Waals surface area contributed by atoms with Crippen molar-refractivity contribution in [3.05, 3.63) is 29.8 Å². The number of rotatable bonds is 5. The Morgan fingerprint density at radius 1 is 1.37 bits per heavy atom. The third-order valence-corrected chi connectivity index (χ3v) is 3.59.